The Morgan fingerprint density at radius 1 is 1.10 bits per heavy atom. The third-order valence-electron chi connectivity index (χ3n) is 4.50. The first kappa shape index (κ1) is 20.8. The van der Waals surface area contributed by atoms with Crippen LogP contribution in [-0.2, 0) is 4.74 Å². The van der Waals surface area contributed by atoms with Gasteiger partial charge in [0.2, 0.25) is 0 Å². The lowest BCUT2D eigenvalue weighted by Gasteiger charge is -2.13. The summed E-state index contributed by atoms with van der Waals surface area (Å²) in [5.74, 6) is -0.671. The van der Waals surface area contributed by atoms with Gasteiger partial charge in [-0.15, -0.1) is 0 Å². The second-order valence-electron chi connectivity index (χ2n) is 6.38. The second kappa shape index (κ2) is 9.04. The maximum absolute atomic E-state index is 12.2. The minimum atomic E-state index is -0.395. The third kappa shape index (κ3) is 4.56. The Hall–Kier alpha value is -2.94. The summed E-state index contributed by atoms with van der Waals surface area (Å²) in [6, 6.07) is 16.5. The summed E-state index contributed by atoms with van der Waals surface area (Å²) < 4.78 is 7.92. The van der Waals surface area contributed by atoms with Crippen LogP contribution in [0.2, 0.25) is 0 Å². The van der Waals surface area contributed by atoms with Gasteiger partial charge in [0.15, 0.2) is 0 Å². The van der Waals surface area contributed by atoms with Gasteiger partial charge in [-0.1, -0.05) is 12.1 Å². The zero-order valence-electron chi connectivity index (χ0n) is 16.3. The van der Waals surface area contributed by atoms with Gasteiger partial charge in [-0.3, -0.25) is 4.79 Å². The Balaban J connectivity index is 1.85. The number of methoxy groups -OCH3 is 1. The molecule has 0 fully saturated rings. The van der Waals surface area contributed by atoms with Crippen molar-refractivity contribution in [2.75, 3.05) is 7.11 Å². The van der Waals surface area contributed by atoms with Crippen molar-refractivity contribution in [3.05, 3.63) is 86.2 Å². The van der Waals surface area contributed by atoms with Crippen molar-refractivity contribution in [2.24, 2.45) is 5.10 Å². The monoisotopic (exact) mass is 501 g/mol. The van der Waals surface area contributed by atoms with Crippen molar-refractivity contribution in [3.8, 4) is 5.69 Å². The predicted molar refractivity (Wildman–Crippen MR) is 121 cm³/mol. The number of rotatable bonds is 5. The Morgan fingerprint density at radius 2 is 1.79 bits per heavy atom. The number of carbonyl (C=O) groups excluding carboxylic acids is 2. The van der Waals surface area contributed by atoms with Crippen LogP contribution in [0.3, 0.4) is 0 Å². The van der Waals surface area contributed by atoms with E-state index < -0.39 is 5.97 Å². The number of carbonyl (C=O) groups is 2. The zero-order valence-corrected chi connectivity index (χ0v) is 18.4. The molecule has 0 bridgehead atoms. The van der Waals surface area contributed by atoms with Crippen molar-refractivity contribution in [2.45, 2.75) is 13.8 Å². The smallest absolute Gasteiger partial charge is 0.339 e. The Morgan fingerprint density at radius 3 is 2.48 bits per heavy atom. The number of ether oxygens (including phenoxy) is 1. The molecule has 0 aliphatic heterocycles. The normalized spacial score (nSPS) is 10.9. The fourth-order valence-corrected chi connectivity index (χ4v) is 3.43. The summed E-state index contributed by atoms with van der Waals surface area (Å²) in [5, 5.41) is 4.09. The van der Waals surface area contributed by atoms with E-state index in [1.807, 2.05) is 48.7 Å². The van der Waals surface area contributed by atoms with Gasteiger partial charge in [0.05, 0.1) is 24.6 Å². The van der Waals surface area contributed by atoms with E-state index >= 15 is 0 Å². The molecular formula is C22H20IN3O3. The Kier molecular flexibility index (Phi) is 6.48. The maximum Gasteiger partial charge on any atom is 0.339 e. The van der Waals surface area contributed by atoms with Crippen LogP contribution in [0, 0.1) is 17.4 Å². The van der Waals surface area contributed by atoms with Gasteiger partial charge in [-0.25, -0.2) is 10.2 Å². The lowest BCUT2D eigenvalue weighted by Crippen LogP contribution is -2.17. The number of nitrogens with one attached hydrogen (secondary N) is 1. The highest BCUT2D eigenvalue weighted by Crippen LogP contribution is 2.23. The molecule has 0 saturated carbocycles. The molecule has 2 aromatic carbocycles. The van der Waals surface area contributed by atoms with Gasteiger partial charge in [0.1, 0.15) is 0 Å². The summed E-state index contributed by atoms with van der Waals surface area (Å²) in [6.07, 6.45) is 1.60. The Labute approximate surface area is 182 Å². The fourth-order valence-electron chi connectivity index (χ4n) is 3.07. The molecule has 0 spiro atoms. The fraction of sp³-hybridized carbons (Fsp3) is 0.136. The molecule has 0 unspecified atom stereocenters. The topological polar surface area (TPSA) is 72.7 Å². The molecule has 1 heterocycles. The highest BCUT2D eigenvalue weighted by Gasteiger charge is 2.17. The van der Waals surface area contributed by atoms with Crippen molar-refractivity contribution in [1.29, 1.82) is 0 Å². The number of esters is 1. The van der Waals surface area contributed by atoms with Crippen LogP contribution >= 0.6 is 22.6 Å². The second-order valence-corrected chi connectivity index (χ2v) is 7.62. The summed E-state index contributed by atoms with van der Waals surface area (Å²) in [4.78, 5) is 24.3. The van der Waals surface area contributed by atoms with Crippen LogP contribution in [0.25, 0.3) is 5.69 Å². The van der Waals surface area contributed by atoms with Gasteiger partial charge in [0, 0.05) is 26.1 Å². The molecule has 0 aliphatic rings. The molecule has 29 heavy (non-hydrogen) atoms. The average molecular weight is 501 g/mol. The molecular weight excluding hydrogens is 481 g/mol. The molecule has 0 saturated heterocycles. The number of nitrogens with zero attached hydrogens (tertiary/aromatic N) is 2. The average Bonchev–Trinajstić information content (AvgIpc) is 3.01. The van der Waals surface area contributed by atoms with E-state index in [1.165, 1.54) is 7.11 Å². The number of benzene rings is 2. The molecule has 3 aromatic rings. The molecule has 0 atom stereocenters. The summed E-state index contributed by atoms with van der Waals surface area (Å²) in [6.45, 7) is 3.88. The van der Waals surface area contributed by atoms with E-state index in [1.54, 1.807) is 30.5 Å². The van der Waals surface area contributed by atoms with Gasteiger partial charge >= 0.3 is 5.97 Å². The van der Waals surface area contributed by atoms with Gasteiger partial charge in [-0.05, 0) is 78.9 Å². The van der Waals surface area contributed by atoms with Crippen molar-refractivity contribution < 1.29 is 14.3 Å². The van der Waals surface area contributed by atoms with Crippen LogP contribution in [0.5, 0.6) is 0 Å². The van der Waals surface area contributed by atoms with E-state index in [0.717, 1.165) is 26.2 Å². The molecule has 0 radical (unpaired) electrons. The lowest BCUT2D eigenvalue weighted by molar-refractivity contribution is 0.0600. The van der Waals surface area contributed by atoms with Gasteiger partial charge in [0.25, 0.3) is 5.91 Å². The molecule has 0 aliphatic carbocycles. The molecule has 7 heteroatoms. The standard InChI is InChI=1S/C22H20IN3O3/c1-14-12-17(13-24-25-21(27)16-8-10-18(23)11-9-16)15(2)26(14)20-7-5-4-6-19(20)22(28)29-3/h4-13H,1-3H3,(H,25,27)/b24-13-. The predicted octanol–water partition coefficient (Wildman–Crippen LogP) is 4.25. The number of aryl methyl sites for hydroxylation is 1. The number of hydrogen-bond acceptors (Lipinski definition) is 4. The van der Waals surface area contributed by atoms with E-state index in [9.17, 15) is 9.59 Å². The first-order valence-electron chi connectivity index (χ1n) is 8.88. The summed E-state index contributed by atoms with van der Waals surface area (Å²) >= 11 is 2.19. The summed E-state index contributed by atoms with van der Waals surface area (Å²) in [7, 11) is 1.36. The van der Waals surface area contributed by atoms with Crippen LogP contribution in [0.15, 0.2) is 59.7 Å². The first-order chi connectivity index (χ1) is 13.9. The third-order valence-corrected chi connectivity index (χ3v) is 5.22. The number of amides is 1. The zero-order chi connectivity index (χ0) is 21.0. The molecule has 148 valence electrons. The van der Waals surface area contributed by atoms with E-state index in [4.69, 9.17) is 4.74 Å². The molecule has 1 N–H and O–H groups in total. The van der Waals surface area contributed by atoms with E-state index in [0.29, 0.717) is 11.1 Å². The van der Waals surface area contributed by atoms with Crippen LogP contribution in [0.1, 0.15) is 37.7 Å². The van der Waals surface area contributed by atoms with Gasteiger partial charge < -0.3 is 9.30 Å². The SMILES string of the molecule is COC(=O)c1ccccc1-n1c(C)cc(/C=N\NC(=O)c2ccc(I)cc2)c1C. The molecule has 1 amide bonds. The highest BCUT2D eigenvalue weighted by molar-refractivity contribution is 14.1. The van der Waals surface area contributed by atoms with Crippen molar-refractivity contribution >= 4 is 40.7 Å². The number of para-hydroxylation sites is 1. The maximum atomic E-state index is 12.2. The molecule has 1 aromatic heterocycles. The molecule has 3 rings (SSSR count). The van der Waals surface area contributed by atoms with Crippen LogP contribution in [-0.4, -0.2) is 29.8 Å². The van der Waals surface area contributed by atoms with Crippen molar-refractivity contribution in [1.82, 2.24) is 9.99 Å². The van der Waals surface area contributed by atoms with Crippen LogP contribution in [0.4, 0.5) is 0 Å². The molecule has 6 nitrogen and oxygen atoms in total. The number of halogens is 1. The first-order valence-corrected chi connectivity index (χ1v) is 9.96. The van der Waals surface area contributed by atoms with E-state index in [2.05, 4.69) is 33.1 Å². The van der Waals surface area contributed by atoms with Gasteiger partial charge in [-0.2, -0.15) is 5.10 Å². The van der Waals surface area contributed by atoms with E-state index in [-0.39, 0.29) is 5.91 Å². The minimum absolute atomic E-state index is 0.275. The summed E-state index contributed by atoms with van der Waals surface area (Å²) in [5.41, 5.74) is 6.97. The number of hydrazone groups is 1. The largest absolute Gasteiger partial charge is 0.465 e. The van der Waals surface area contributed by atoms with Crippen molar-refractivity contribution in [3.63, 3.8) is 0 Å². The Bertz CT molecular complexity index is 1090. The quantitative estimate of drug-likeness (QED) is 0.246. The lowest BCUT2D eigenvalue weighted by atomic mass is 10.1. The highest BCUT2D eigenvalue weighted by atomic mass is 127. The van der Waals surface area contributed by atoms with Crippen LogP contribution < -0.4 is 5.43 Å². The minimum Gasteiger partial charge on any atom is -0.465 e. The number of hydrogen-bond donors (Lipinski definition) is 1. The number of aromatic nitrogens is 1.